The number of benzene rings is 1. The predicted octanol–water partition coefficient (Wildman–Crippen LogP) is 4.74. The quantitative estimate of drug-likeness (QED) is 0.794. The van der Waals surface area contributed by atoms with E-state index in [9.17, 15) is 4.79 Å². The van der Waals surface area contributed by atoms with Crippen molar-refractivity contribution in [1.82, 2.24) is 0 Å². The number of carbonyl (C=O) groups excluding carboxylic acids is 1. The number of hydrogen-bond donors (Lipinski definition) is 1. The van der Waals surface area contributed by atoms with Crippen LogP contribution < -0.4 is 5.32 Å². The van der Waals surface area contributed by atoms with Crippen molar-refractivity contribution in [3.05, 3.63) is 27.7 Å². The number of aryl methyl sites for hydroxylation is 1. The fraction of sp³-hybridized carbons (Fsp3) is 0.500. The molecule has 0 heterocycles. The second-order valence-corrected chi connectivity index (χ2v) is 6.66. The van der Waals surface area contributed by atoms with Crippen molar-refractivity contribution < 1.29 is 9.53 Å². The Labute approximate surface area is 135 Å². The predicted molar refractivity (Wildman–Crippen MR) is 91.5 cm³/mol. The number of carbonyl (C=O) groups is 1. The summed E-state index contributed by atoms with van der Waals surface area (Å²) >= 11 is 3.49. The molecule has 0 aliphatic carbocycles. The number of nitrogens with one attached hydrogen (secondary N) is 1. The first-order valence-corrected chi connectivity index (χ1v) is 7.78. The standard InChI is InChI=1S/C16H23BrN2O2/c1-6-21-15(20)19-14-11(2)9-12(10-13(14)17)7-8-18-16(3,4)5/h8-10H,6-7H2,1-5H3,(H,19,20). The van der Waals surface area contributed by atoms with Gasteiger partial charge in [-0.15, -0.1) is 0 Å². The van der Waals surface area contributed by atoms with Gasteiger partial charge in [0.15, 0.2) is 0 Å². The van der Waals surface area contributed by atoms with Gasteiger partial charge in [-0.3, -0.25) is 10.3 Å². The number of amides is 1. The summed E-state index contributed by atoms with van der Waals surface area (Å²) in [6.45, 7) is 10.3. The van der Waals surface area contributed by atoms with Crippen LogP contribution in [0.2, 0.25) is 0 Å². The topological polar surface area (TPSA) is 50.7 Å². The highest BCUT2D eigenvalue weighted by molar-refractivity contribution is 9.10. The lowest BCUT2D eigenvalue weighted by Crippen LogP contribution is -2.14. The largest absolute Gasteiger partial charge is 0.450 e. The summed E-state index contributed by atoms with van der Waals surface area (Å²) in [5.41, 5.74) is 2.81. The molecule has 0 fully saturated rings. The molecule has 1 rings (SSSR count). The third-order valence-electron chi connectivity index (χ3n) is 2.66. The molecule has 1 aromatic rings. The highest BCUT2D eigenvalue weighted by Gasteiger charge is 2.10. The van der Waals surface area contributed by atoms with Crippen LogP contribution in [0.5, 0.6) is 0 Å². The third kappa shape index (κ3) is 6.29. The lowest BCUT2D eigenvalue weighted by Gasteiger charge is -2.13. The SMILES string of the molecule is CCOC(=O)Nc1c(C)cc(CC=NC(C)(C)C)cc1Br. The van der Waals surface area contributed by atoms with E-state index in [4.69, 9.17) is 4.74 Å². The second-order valence-electron chi connectivity index (χ2n) is 5.80. The van der Waals surface area contributed by atoms with Crippen LogP contribution in [0.25, 0.3) is 0 Å². The molecule has 0 atom stereocenters. The van der Waals surface area contributed by atoms with Crippen LogP contribution >= 0.6 is 15.9 Å². The van der Waals surface area contributed by atoms with E-state index in [-0.39, 0.29) is 5.54 Å². The van der Waals surface area contributed by atoms with Gasteiger partial charge in [0.1, 0.15) is 0 Å². The molecule has 0 bridgehead atoms. The zero-order valence-electron chi connectivity index (χ0n) is 13.3. The molecule has 21 heavy (non-hydrogen) atoms. The summed E-state index contributed by atoms with van der Waals surface area (Å²) in [4.78, 5) is 16.0. The van der Waals surface area contributed by atoms with Gasteiger partial charge in [0.2, 0.25) is 0 Å². The maximum atomic E-state index is 11.5. The molecule has 116 valence electrons. The number of ether oxygens (including phenoxy) is 1. The Morgan fingerprint density at radius 1 is 1.43 bits per heavy atom. The third-order valence-corrected chi connectivity index (χ3v) is 3.28. The summed E-state index contributed by atoms with van der Waals surface area (Å²) in [6.07, 6.45) is 2.25. The van der Waals surface area contributed by atoms with Crippen molar-refractivity contribution in [3.8, 4) is 0 Å². The Balaban J connectivity index is 2.84. The molecule has 5 heteroatoms. The number of anilines is 1. The van der Waals surface area contributed by atoms with E-state index in [1.807, 2.05) is 25.3 Å². The number of halogens is 1. The lowest BCUT2D eigenvalue weighted by molar-refractivity contribution is 0.168. The Bertz CT molecular complexity index is 511. The van der Waals surface area contributed by atoms with E-state index >= 15 is 0 Å². The smallest absolute Gasteiger partial charge is 0.411 e. The molecule has 0 unspecified atom stereocenters. The average molecular weight is 355 g/mol. The van der Waals surface area contributed by atoms with Crippen LogP contribution in [0.3, 0.4) is 0 Å². The molecule has 0 saturated carbocycles. The summed E-state index contributed by atoms with van der Waals surface area (Å²) < 4.78 is 5.74. The first kappa shape index (κ1) is 17.7. The molecule has 0 aliphatic rings. The number of rotatable bonds is 4. The molecule has 0 spiro atoms. The average Bonchev–Trinajstić information content (AvgIpc) is 2.32. The molecule has 0 aliphatic heterocycles. The van der Waals surface area contributed by atoms with Gasteiger partial charge in [-0.25, -0.2) is 4.79 Å². The van der Waals surface area contributed by atoms with E-state index < -0.39 is 6.09 Å². The minimum absolute atomic E-state index is 0.0579. The van der Waals surface area contributed by atoms with Gasteiger partial charge < -0.3 is 4.74 Å². The van der Waals surface area contributed by atoms with Gasteiger partial charge in [0.05, 0.1) is 17.8 Å². The zero-order valence-corrected chi connectivity index (χ0v) is 14.9. The second kappa shape index (κ2) is 7.59. The maximum absolute atomic E-state index is 11.5. The summed E-state index contributed by atoms with van der Waals surface area (Å²) in [5, 5.41) is 2.75. The normalized spacial score (nSPS) is 11.7. The summed E-state index contributed by atoms with van der Waals surface area (Å²) in [5.74, 6) is 0. The van der Waals surface area contributed by atoms with Gasteiger partial charge in [-0.1, -0.05) is 6.07 Å². The molecular formula is C16H23BrN2O2. The lowest BCUT2D eigenvalue weighted by atomic mass is 10.1. The maximum Gasteiger partial charge on any atom is 0.411 e. The molecule has 1 amide bonds. The summed E-state index contributed by atoms with van der Waals surface area (Å²) in [7, 11) is 0. The van der Waals surface area contributed by atoms with Gasteiger partial charge in [-0.05, 0) is 67.7 Å². The molecule has 4 nitrogen and oxygen atoms in total. The molecule has 1 N–H and O–H groups in total. The van der Waals surface area contributed by atoms with E-state index in [0.29, 0.717) is 6.61 Å². The van der Waals surface area contributed by atoms with Crippen LogP contribution in [0.15, 0.2) is 21.6 Å². The molecule has 0 radical (unpaired) electrons. The van der Waals surface area contributed by atoms with E-state index in [1.165, 1.54) is 0 Å². The summed E-state index contributed by atoms with van der Waals surface area (Å²) in [6, 6.07) is 4.03. The van der Waals surface area contributed by atoms with Crippen molar-refractivity contribution in [2.45, 2.75) is 46.6 Å². The highest BCUT2D eigenvalue weighted by atomic mass is 79.9. The van der Waals surface area contributed by atoms with Gasteiger partial charge >= 0.3 is 6.09 Å². The fourth-order valence-electron chi connectivity index (χ4n) is 1.79. The monoisotopic (exact) mass is 354 g/mol. The fourth-order valence-corrected chi connectivity index (χ4v) is 2.49. The van der Waals surface area contributed by atoms with Crippen molar-refractivity contribution in [3.63, 3.8) is 0 Å². The Morgan fingerprint density at radius 3 is 2.62 bits per heavy atom. The number of nitrogens with zero attached hydrogens (tertiary/aromatic N) is 1. The minimum Gasteiger partial charge on any atom is -0.450 e. The van der Waals surface area contributed by atoms with Crippen molar-refractivity contribution in [1.29, 1.82) is 0 Å². The van der Waals surface area contributed by atoms with Gasteiger partial charge in [-0.2, -0.15) is 0 Å². The first-order chi connectivity index (χ1) is 9.73. The van der Waals surface area contributed by atoms with Crippen LogP contribution in [0.4, 0.5) is 10.5 Å². The van der Waals surface area contributed by atoms with Crippen molar-refractivity contribution in [2.75, 3.05) is 11.9 Å². The van der Waals surface area contributed by atoms with Gasteiger partial charge in [0.25, 0.3) is 0 Å². The van der Waals surface area contributed by atoms with Crippen LogP contribution in [-0.4, -0.2) is 24.5 Å². The van der Waals surface area contributed by atoms with Crippen LogP contribution in [-0.2, 0) is 11.2 Å². The van der Waals surface area contributed by atoms with Gasteiger partial charge in [0, 0.05) is 17.1 Å². The molecule has 0 aromatic heterocycles. The van der Waals surface area contributed by atoms with Crippen molar-refractivity contribution >= 4 is 33.9 Å². The Morgan fingerprint density at radius 2 is 2.10 bits per heavy atom. The Hall–Kier alpha value is -1.36. The van der Waals surface area contributed by atoms with Crippen LogP contribution in [0, 0.1) is 6.92 Å². The van der Waals surface area contributed by atoms with Crippen LogP contribution in [0.1, 0.15) is 38.8 Å². The van der Waals surface area contributed by atoms with E-state index in [1.54, 1.807) is 6.92 Å². The van der Waals surface area contributed by atoms with E-state index in [0.717, 1.165) is 27.7 Å². The Kier molecular flexibility index (Phi) is 6.40. The first-order valence-electron chi connectivity index (χ1n) is 6.99. The molecule has 1 aromatic carbocycles. The van der Waals surface area contributed by atoms with Crippen molar-refractivity contribution in [2.24, 2.45) is 4.99 Å². The number of aliphatic imine (C=N–C) groups is 1. The number of hydrogen-bond acceptors (Lipinski definition) is 3. The molecule has 0 saturated heterocycles. The van der Waals surface area contributed by atoms with E-state index in [2.05, 4.69) is 47.0 Å². The minimum atomic E-state index is -0.441. The highest BCUT2D eigenvalue weighted by Crippen LogP contribution is 2.28. The zero-order chi connectivity index (χ0) is 16.0. The molecular weight excluding hydrogens is 332 g/mol.